The van der Waals surface area contributed by atoms with Crippen LogP contribution in [0.4, 0.5) is 0 Å². The van der Waals surface area contributed by atoms with Crippen molar-refractivity contribution in [1.82, 2.24) is 10.6 Å². The van der Waals surface area contributed by atoms with Gasteiger partial charge < -0.3 is 10.6 Å². The number of nitrogens with one attached hydrogen (secondary N) is 2. The maximum Gasteiger partial charge on any atom is 0.238 e. The number of rotatable bonds is 4. The van der Waals surface area contributed by atoms with Gasteiger partial charge in [0.15, 0.2) is 5.96 Å². The Bertz CT molecular complexity index is 562. The van der Waals surface area contributed by atoms with Gasteiger partial charge in [0.2, 0.25) is 10.0 Å². The SMILES string of the molecule is CN=C(NCc1ccc(S(N)(=O)=O)cc1)NC1CC1. The molecule has 0 aromatic heterocycles. The van der Waals surface area contributed by atoms with E-state index >= 15 is 0 Å². The quantitative estimate of drug-likeness (QED) is 0.541. The lowest BCUT2D eigenvalue weighted by molar-refractivity contribution is 0.597. The highest BCUT2D eigenvalue weighted by molar-refractivity contribution is 7.89. The average Bonchev–Trinajstić information content (AvgIpc) is 3.18. The number of hydrogen-bond acceptors (Lipinski definition) is 3. The number of primary sulfonamides is 1. The van der Waals surface area contributed by atoms with Gasteiger partial charge in [-0.3, -0.25) is 4.99 Å². The summed E-state index contributed by atoms with van der Waals surface area (Å²) in [6.07, 6.45) is 2.37. The normalized spacial score (nSPS) is 16.2. The molecule has 6 nitrogen and oxygen atoms in total. The number of aliphatic imine (C=N–C) groups is 1. The first kappa shape index (κ1) is 13.8. The minimum absolute atomic E-state index is 0.122. The predicted molar refractivity (Wildman–Crippen MR) is 74.2 cm³/mol. The molecule has 0 spiro atoms. The van der Waals surface area contributed by atoms with Crippen molar-refractivity contribution in [2.75, 3.05) is 7.05 Å². The zero-order valence-corrected chi connectivity index (χ0v) is 11.6. The lowest BCUT2D eigenvalue weighted by Crippen LogP contribution is -2.38. The molecule has 0 bridgehead atoms. The van der Waals surface area contributed by atoms with E-state index in [1.165, 1.54) is 25.0 Å². The van der Waals surface area contributed by atoms with E-state index in [-0.39, 0.29) is 4.90 Å². The van der Waals surface area contributed by atoms with Crippen LogP contribution in [0.2, 0.25) is 0 Å². The van der Waals surface area contributed by atoms with Crippen LogP contribution in [0.25, 0.3) is 0 Å². The predicted octanol–water partition coefficient (Wildman–Crippen LogP) is 0.161. The van der Waals surface area contributed by atoms with Crippen LogP contribution in [-0.4, -0.2) is 27.5 Å². The van der Waals surface area contributed by atoms with Crippen molar-refractivity contribution in [3.8, 4) is 0 Å². The molecule has 1 aromatic carbocycles. The molecule has 104 valence electrons. The van der Waals surface area contributed by atoms with Crippen LogP contribution in [0.1, 0.15) is 18.4 Å². The van der Waals surface area contributed by atoms with Gasteiger partial charge in [0.05, 0.1) is 4.90 Å². The van der Waals surface area contributed by atoms with Gasteiger partial charge in [-0.1, -0.05) is 12.1 Å². The summed E-state index contributed by atoms with van der Waals surface area (Å²) in [6, 6.07) is 7.01. The van der Waals surface area contributed by atoms with Crippen LogP contribution in [0.3, 0.4) is 0 Å². The van der Waals surface area contributed by atoms with Crippen LogP contribution in [0.15, 0.2) is 34.2 Å². The number of guanidine groups is 1. The summed E-state index contributed by atoms with van der Waals surface area (Å²) in [6.45, 7) is 0.581. The van der Waals surface area contributed by atoms with Crippen molar-refractivity contribution in [3.05, 3.63) is 29.8 Å². The van der Waals surface area contributed by atoms with E-state index in [4.69, 9.17) is 5.14 Å². The molecule has 0 aliphatic heterocycles. The van der Waals surface area contributed by atoms with Crippen LogP contribution in [0, 0.1) is 0 Å². The standard InChI is InChI=1S/C12H18N4O2S/c1-14-12(16-10-4-5-10)15-8-9-2-6-11(7-3-9)19(13,17)18/h2-3,6-7,10H,4-5,8H2,1H3,(H2,13,17,18)(H2,14,15,16). The van der Waals surface area contributed by atoms with Crippen molar-refractivity contribution in [3.63, 3.8) is 0 Å². The molecule has 1 aliphatic carbocycles. The maximum absolute atomic E-state index is 11.1. The third kappa shape index (κ3) is 4.22. The monoisotopic (exact) mass is 282 g/mol. The van der Waals surface area contributed by atoms with Gasteiger partial charge in [-0.25, -0.2) is 13.6 Å². The molecule has 0 unspecified atom stereocenters. The molecule has 0 radical (unpaired) electrons. The molecule has 0 amide bonds. The number of benzene rings is 1. The first-order valence-corrected chi connectivity index (χ1v) is 7.62. The summed E-state index contributed by atoms with van der Waals surface area (Å²) in [5.74, 6) is 0.762. The van der Waals surface area contributed by atoms with Gasteiger partial charge in [-0.15, -0.1) is 0 Å². The second-order valence-corrected chi connectivity index (χ2v) is 6.09. The van der Waals surface area contributed by atoms with Crippen LogP contribution >= 0.6 is 0 Å². The Morgan fingerprint density at radius 2 is 2.00 bits per heavy atom. The van der Waals surface area contributed by atoms with Gasteiger partial charge in [-0.2, -0.15) is 0 Å². The lowest BCUT2D eigenvalue weighted by Gasteiger charge is -2.11. The number of sulfonamides is 1. The summed E-state index contributed by atoms with van der Waals surface area (Å²) in [7, 11) is -1.90. The fourth-order valence-electron chi connectivity index (χ4n) is 1.60. The Morgan fingerprint density at radius 3 is 2.47 bits per heavy atom. The number of nitrogens with zero attached hydrogens (tertiary/aromatic N) is 1. The average molecular weight is 282 g/mol. The molecule has 1 aromatic rings. The first-order valence-electron chi connectivity index (χ1n) is 6.08. The van der Waals surface area contributed by atoms with Crippen molar-refractivity contribution >= 4 is 16.0 Å². The zero-order chi connectivity index (χ0) is 13.9. The first-order chi connectivity index (χ1) is 8.99. The second-order valence-electron chi connectivity index (χ2n) is 4.53. The van der Waals surface area contributed by atoms with E-state index in [1.807, 2.05) is 0 Å². The fraction of sp³-hybridized carbons (Fsp3) is 0.417. The van der Waals surface area contributed by atoms with Crippen molar-refractivity contribution < 1.29 is 8.42 Å². The smallest absolute Gasteiger partial charge is 0.238 e. The summed E-state index contributed by atoms with van der Waals surface area (Å²) < 4.78 is 22.2. The van der Waals surface area contributed by atoms with Gasteiger partial charge >= 0.3 is 0 Å². The van der Waals surface area contributed by atoms with E-state index in [9.17, 15) is 8.42 Å². The number of nitrogens with two attached hydrogens (primary N) is 1. The largest absolute Gasteiger partial charge is 0.354 e. The molecule has 0 heterocycles. The van der Waals surface area contributed by atoms with E-state index in [1.54, 1.807) is 19.2 Å². The summed E-state index contributed by atoms with van der Waals surface area (Å²) in [5, 5.41) is 11.5. The molecule has 4 N–H and O–H groups in total. The highest BCUT2D eigenvalue weighted by atomic mass is 32.2. The second kappa shape index (κ2) is 5.58. The van der Waals surface area contributed by atoms with E-state index in [0.29, 0.717) is 12.6 Å². The molecule has 1 saturated carbocycles. The molecule has 2 rings (SSSR count). The summed E-state index contributed by atoms with van der Waals surface area (Å²) >= 11 is 0. The van der Waals surface area contributed by atoms with E-state index in [0.717, 1.165) is 11.5 Å². The molecule has 0 atom stereocenters. The van der Waals surface area contributed by atoms with Crippen LogP contribution < -0.4 is 15.8 Å². The van der Waals surface area contributed by atoms with Crippen LogP contribution in [0.5, 0.6) is 0 Å². The highest BCUT2D eigenvalue weighted by Crippen LogP contribution is 2.18. The molecular weight excluding hydrogens is 264 g/mol. The Labute approximate surface area is 113 Å². The third-order valence-corrected chi connectivity index (χ3v) is 3.78. The Balaban J connectivity index is 1.92. The van der Waals surface area contributed by atoms with E-state index < -0.39 is 10.0 Å². The van der Waals surface area contributed by atoms with Gasteiger partial charge in [0, 0.05) is 19.6 Å². The number of hydrogen-bond donors (Lipinski definition) is 3. The Morgan fingerprint density at radius 1 is 1.37 bits per heavy atom. The summed E-state index contributed by atoms with van der Waals surface area (Å²) in [4.78, 5) is 4.24. The third-order valence-electron chi connectivity index (χ3n) is 2.85. The van der Waals surface area contributed by atoms with Crippen molar-refractivity contribution in [1.29, 1.82) is 0 Å². The van der Waals surface area contributed by atoms with Crippen LogP contribution in [-0.2, 0) is 16.6 Å². The lowest BCUT2D eigenvalue weighted by atomic mass is 10.2. The Hall–Kier alpha value is -1.60. The maximum atomic E-state index is 11.1. The topological polar surface area (TPSA) is 96.6 Å². The minimum atomic E-state index is -3.62. The molecule has 1 fully saturated rings. The highest BCUT2D eigenvalue weighted by Gasteiger charge is 2.21. The van der Waals surface area contributed by atoms with Gasteiger partial charge in [-0.05, 0) is 30.5 Å². The zero-order valence-electron chi connectivity index (χ0n) is 10.8. The van der Waals surface area contributed by atoms with Gasteiger partial charge in [0.25, 0.3) is 0 Å². The minimum Gasteiger partial charge on any atom is -0.354 e. The molecule has 0 saturated heterocycles. The summed E-state index contributed by atoms with van der Waals surface area (Å²) in [5.41, 5.74) is 0.964. The van der Waals surface area contributed by atoms with Crippen molar-refractivity contribution in [2.45, 2.75) is 30.3 Å². The fourth-order valence-corrected chi connectivity index (χ4v) is 2.11. The molecule has 19 heavy (non-hydrogen) atoms. The molecule has 1 aliphatic rings. The van der Waals surface area contributed by atoms with Gasteiger partial charge in [0.1, 0.15) is 0 Å². The molecular formula is C12H18N4O2S. The van der Waals surface area contributed by atoms with E-state index in [2.05, 4.69) is 15.6 Å². The van der Waals surface area contributed by atoms with Crippen molar-refractivity contribution in [2.24, 2.45) is 10.1 Å². The Kier molecular flexibility index (Phi) is 4.06. The molecule has 7 heteroatoms.